The first kappa shape index (κ1) is 20.0. The summed E-state index contributed by atoms with van der Waals surface area (Å²) in [6, 6.07) is -0.141. The molecule has 2 N–H and O–H groups in total. The topological polar surface area (TPSA) is 59.0 Å². The van der Waals surface area contributed by atoms with Crippen LogP contribution in [0.5, 0.6) is 0 Å². The molecule has 0 spiro atoms. The van der Waals surface area contributed by atoms with E-state index in [-0.39, 0.29) is 30.4 Å². The number of carbonyl (C=O) groups is 1. The van der Waals surface area contributed by atoms with Crippen molar-refractivity contribution in [1.29, 1.82) is 0 Å². The minimum atomic E-state index is -0.338. The average molecular weight is 343 g/mol. The molecule has 132 valence electrons. The lowest BCUT2D eigenvalue weighted by atomic mass is 9.78. The van der Waals surface area contributed by atoms with Gasteiger partial charge in [-0.15, -0.1) is 12.4 Å². The first-order valence-corrected chi connectivity index (χ1v) is 8.49. The van der Waals surface area contributed by atoms with Crippen molar-refractivity contribution in [2.75, 3.05) is 7.05 Å². The number of amides is 1. The van der Waals surface area contributed by atoms with Crippen LogP contribution >= 0.6 is 12.4 Å². The van der Waals surface area contributed by atoms with E-state index < -0.39 is 0 Å². The molecule has 23 heavy (non-hydrogen) atoms. The number of likely N-dealkylation sites (N-methyl/N-ethyl adjacent to an activating group) is 1. The molecule has 3 atom stereocenters. The van der Waals surface area contributed by atoms with Crippen LogP contribution in [0.3, 0.4) is 0 Å². The number of hydrogen-bond donors (Lipinski definition) is 2. The van der Waals surface area contributed by atoms with E-state index in [0.717, 1.165) is 11.5 Å². The van der Waals surface area contributed by atoms with Crippen molar-refractivity contribution in [3.05, 3.63) is 18.0 Å². The van der Waals surface area contributed by atoms with Gasteiger partial charge >= 0.3 is 0 Å². The van der Waals surface area contributed by atoms with E-state index in [1.54, 1.807) is 10.9 Å². The van der Waals surface area contributed by atoms with Gasteiger partial charge in [-0.05, 0) is 25.8 Å². The third-order valence-corrected chi connectivity index (χ3v) is 5.16. The molecule has 1 heterocycles. The molecule has 0 bridgehead atoms. The molecule has 0 aromatic carbocycles. The van der Waals surface area contributed by atoms with Crippen LogP contribution in [0.4, 0.5) is 0 Å². The van der Waals surface area contributed by atoms with Gasteiger partial charge in [0, 0.05) is 24.8 Å². The Morgan fingerprint density at radius 1 is 1.30 bits per heavy atom. The standard InChI is InChI=1S/C17H30N4O.ClH/c1-12(14-8-6-5-7-9-14)13(2)20-17(22)16(18-3)15-10-19-21(4)11-15;/h10-14,16,18H,5-9H2,1-4H3,(H,20,22);1H. The molecule has 1 aromatic heterocycles. The lowest BCUT2D eigenvalue weighted by Gasteiger charge is -2.32. The summed E-state index contributed by atoms with van der Waals surface area (Å²) in [5.74, 6) is 1.30. The highest BCUT2D eigenvalue weighted by Crippen LogP contribution is 2.31. The van der Waals surface area contributed by atoms with Gasteiger partial charge in [-0.1, -0.05) is 39.0 Å². The summed E-state index contributed by atoms with van der Waals surface area (Å²) in [5, 5.41) is 10.4. The number of carbonyl (C=O) groups excluding carboxylic acids is 1. The third-order valence-electron chi connectivity index (χ3n) is 5.16. The fourth-order valence-corrected chi connectivity index (χ4v) is 3.55. The van der Waals surface area contributed by atoms with Gasteiger partial charge in [0.25, 0.3) is 0 Å². The van der Waals surface area contributed by atoms with E-state index in [1.165, 1.54) is 32.1 Å². The van der Waals surface area contributed by atoms with Crippen LogP contribution in [0.15, 0.2) is 12.4 Å². The molecular weight excluding hydrogens is 312 g/mol. The summed E-state index contributed by atoms with van der Waals surface area (Å²) < 4.78 is 1.72. The minimum absolute atomic E-state index is 0. The van der Waals surface area contributed by atoms with Crippen LogP contribution < -0.4 is 10.6 Å². The van der Waals surface area contributed by atoms with Crippen LogP contribution in [0, 0.1) is 11.8 Å². The van der Waals surface area contributed by atoms with E-state index >= 15 is 0 Å². The number of hydrogen-bond acceptors (Lipinski definition) is 3. The number of halogens is 1. The molecular formula is C17H31ClN4O. The van der Waals surface area contributed by atoms with Crippen molar-refractivity contribution in [2.45, 2.75) is 58.0 Å². The van der Waals surface area contributed by atoms with E-state index in [4.69, 9.17) is 0 Å². The summed E-state index contributed by atoms with van der Waals surface area (Å²) in [5.41, 5.74) is 0.903. The Morgan fingerprint density at radius 3 is 2.48 bits per heavy atom. The SMILES string of the molecule is CNC(C(=O)NC(C)C(C)C1CCCCC1)c1cnn(C)c1.Cl. The van der Waals surface area contributed by atoms with Gasteiger partial charge in [0.05, 0.1) is 6.20 Å². The van der Waals surface area contributed by atoms with Gasteiger partial charge in [-0.3, -0.25) is 9.48 Å². The van der Waals surface area contributed by atoms with Gasteiger partial charge in [0.15, 0.2) is 0 Å². The molecule has 2 rings (SSSR count). The molecule has 1 aliphatic carbocycles. The molecule has 1 fully saturated rings. The zero-order chi connectivity index (χ0) is 16.1. The maximum Gasteiger partial charge on any atom is 0.242 e. The van der Waals surface area contributed by atoms with Crippen molar-refractivity contribution in [3.63, 3.8) is 0 Å². The Balaban J connectivity index is 0.00000264. The van der Waals surface area contributed by atoms with Crippen LogP contribution in [0.25, 0.3) is 0 Å². The fraction of sp³-hybridized carbons (Fsp3) is 0.765. The minimum Gasteiger partial charge on any atom is -0.352 e. The molecule has 0 aliphatic heterocycles. The zero-order valence-electron chi connectivity index (χ0n) is 14.7. The Kier molecular flexibility index (Phi) is 8.06. The highest BCUT2D eigenvalue weighted by atomic mass is 35.5. The molecule has 0 saturated heterocycles. The predicted octanol–water partition coefficient (Wildman–Crippen LogP) is 2.82. The first-order chi connectivity index (χ1) is 10.5. The number of aromatic nitrogens is 2. The molecule has 1 amide bonds. The normalized spacial score (nSPS) is 19.5. The Bertz CT molecular complexity index is 485. The number of nitrogens with one attached hydrogen (secondary N) is 2. The van der Waals surface area contributed by atoms with Gasteiger partial charge < -0.3 is 10.6 Å². The van der Waals surface area contributed by atoms with E-state index in [1.807, 2.05) is 20.3 Å². The molecule has 6 heteroatoms. The molecule has 0 radical (unpaired) electrons. The van der Waals surface area contributed by atoms with Crippen molar-refractivity contribution in [1.82, 2.24) is 20.4 Å². The van der Waals surface area contributed by atoms with Gasteiger partial charge in [0.1, 0.15) is 6.04 Å². The van der Waals surface area contributed by atoms with Gasteiger partial charge in [-0.25, -0.2) is 0 Å². The average Bonchev–Trinajstić information content (AvgIpc) is 2.94. The zero-order valence-corrected chi connectivity index (χ0v) is 15.5. The van der Waals surface area contributed by atoms with Gasteiger partial charge in [0.2, 0.25) is 5.91 Å². The second kappa shape index (κ2) is 9.28. The summed E-state index contributed by atoms with van der Waals surface area (Å²) in [6.45, 7) is 4.41. The van der Waals surface area contributed by atoms with Crippen molar-refractivity contribution in [3.8, 4) is 0 Å². The summed E-state index contributed by atoms with van der Waals surface area (Å²) in [6.07, 6.45) is 10.3. The molecule has 1 aromatic rings. The van der Waals surface area contributed by atoms with E-state index in [9.17, 15) is 4.79 Å². The largest absolute Gasteiger partial charge is 0.352 e. The molecule has 1 aliphatic rings. The maximum absolute atomic E-state index is 12.6. The smallest absolute Gasteiger partial charge is 0.242 e. The fourth-order valence-electron chi connectivity index (χ4n) is 3.55. The summed E-state index contributed by atoms with van der Waals surface area (Å²) >= 11 is 0. The van der Waals surface area contributed by atoms with Crippen LogP contribution in [-0.4, -0.2) is 28.8 Å². The summed E-state index contributed by atoms with van der Waals surface area (Å²) in [4.78, 5) is 12.6. The molecule has 5 nitrogen and oxygen atoms in total. The monoisotopic (exact) mass is 342 g/mol. The second-order valence-corrected chi connectivity index (χ2v) is 6.72. The van der Waals surface area contributed by atoms with Crippen molar-refractivity contribution >= 4 is 18.3 Å². The highest BCUT2D eigenvalue weighted by Gasteiger charge is 2.28. The van der Waals surface area contributed by atoms with Crippen LogP contribution in [-0.2, 0) is 11.8 Å². The number of nitrogens with zero attached hydrogens (tertiary/aromatic N) is 2. The summed E-state index contributed by atoms with van der Waals surface area (Å²) in [7, 11) is 3.67. The van der Waals surface area contributed by atoms with Gasteiger partial charge in [-0.2, -0.15) is 5.10 Å². The van der Waals surface area contributed by atoms with Crippen molar-refractivity contribution in [2.24, 2.45) is 18.9 Å². The Morgan fingerprint density at radius 2 is 1.96 bits per heavy atom. The first-order valence-electron chi connectivity index (χ1n) is 8.49. The molecule has 1 saturated carbocycles. The Hall–Kier alpha value is -1.07. The maximum atomic E-state index is 12.6. The third kappa shape index (κ3) is 5.21. The van der Waals surface area contributed by atoms with E-state index in [2.05, 4.69) is 29.6 Å². The van der Waals surface area contributed by atoms with Crippen molar-refractivity contribution < 1.29 is 4.79 Å². The highest BCUT2D eigenvalue weighted by molar-refractivity contribution is 5.85. The second-order valence-electron chi connectivity index (χ2n) is 6.72. The molecule has 3 unspecified atom stereocenters. The lowest BCUT2D eigenvalue weighted by Crippen LogP contribution is -2.44. The number of aryl methyl sites for hydroxylation is 1. The Labute approximate surface area is 146 Å². The number of rotatable bonds is 6. The van der Waals surface area contributed by atoms with E-state index in [0.29, 0.717) is 5.92 Å². The van der Waals surface area contributed by atoms with Crippen LogP contribution in [0.1, 0.15) is 57.6 Å². The quantitative estimate of drug-likeness (QED) is 0.835. The van der Waals surface area contributed by atoms with Crippen LogP contribution in [0.2, 0.25) is 0 Å². The lowest BCUT2D eigenvalue weighted by molar-refractivity contribution is -0.124. The predicted molar refractivity (Wildman–Crippen MR) is 95.6 cm³/mol.